The van der Waals surface area contributed by atoms with Crippen molar-refractivity contribution in [3.05, 3.63) is 22.4 Å². The molecule has 0 saturated heterocycles. The minimum atomic E-state index is -0.264. The van der Waals surface area contributed by atoms with Crippen molar-refractivity contribution in [3.8, 4) is 0 Å². The summed E-state index contributed by atoms with van der Waals surface area (Å²) in [5, 5.41) is 1.57. The molecule has 1 heterocycles. The fraction of sp³-hybridized carbons (Fsp3) is 0. The number of thiophene rings is 1. The Hall–Kier alpha value is 0.330. The van der Waals surface area contributed by atoms with Crippen LogP contribution in [-0.2, 0) is 35.0 Å². The van der Waals surface area contributed by atoms with Crippen LogP contribution in [0.15, 0.2) is 17.5 Å². The summed E-state index contributed by atoms with van der Waals surface area (Å²) in [6.45, 7) is 0. The minimum absolute atomic E-state index is 0. The molecule has 0 radical (unpaired) electrons. The van der Waals surface area contributed by atoms with Gasteiger partial charge in [-0.1, -0.05) is 6.07 Å². The molecule has 1 nitrogen and oxygen atoms in total. The fourth-order valence-corrected chi connectivity index (χ4v) is 1.16. The average molecular weight is 340 g/mol. The third-order valence-corrected chi connectivity index (χ3v) is 1.94. The zero-order chi connectivity index (χ0) is 5.98. The maximum Gasteiger partial charge on any atom is 1.00 e. The first-order valence-electron chi connectivity index (χ1n) is 2.05. The Morgan fingerprint density at radius 3 is 2.56 bits per heavy atom. The zero-order valence-corrected chi connectivity index (χ0v) is 8.06. The quantitative estimate of drug-likeness (QED) is 0.568. The molecular formula is C5H3AuOS2. The van der Waals surface area contributed by atoms with E-state index in [2.05, 4.69) is 12.6 Å². The SMILES string of the molecule is O=C([S-])c1cccs1.[Au+]. The smallest absolute Gasteiger partial charge is 0.736 e. The third-order valence-electron chi connectivity index (χ3n) is 0.722. The number of hydrogen-bond donors (Lipinski definition) is 0. The normalized spacial score (nSPS) is 8.00. The molecule has 1 rings (SSSR count). The Balaban J connectivity index is 0.000000640. The average Bonchev–Trinajstić information content (AvgIpc) is 2.12. The van der Waals surface area contributed by atoms with Gasteiger partial charge in [-0.3, -0.25) is 0 Å². The maximum absolute atomic E-state index is 10.3. The number of carbonyl (C=O) groups is 1. The minimum Gasteiger partial charge on any atom is -0.736 e. The summed E-state index contributed by atoms with van der Waals surface area (Å²) in [4.78, 5) is 11.0. The van der Waals surface area contributed by atoms with Gasteiger partial charge in [0.1, 0.15) is 0 Å². The molecule has 0 N–H and O–H groups in total. The van der Waals surface area contributed by atoms with Crippen LogP contribution in [0.1, 0.15) is 9.67 Å². The van der Waals surface area contributed by atoms with Crippen molar-refractivity contribution in [2.45, 2.75) is 0 Å². The molecule has 0 unspecified atom stereocenters. The van der Waals surface area contributed by atoms with Crippen LogP contribution >= 0.6 is 11.3 Å². The molecule has 4 heteroatoms. The van der Waals surface area contributed by atoms with Crippen molar-refractivity contribution in [3.63, 3.8) is 0 Å². The van der Waals surface area contributed by atoms with E-state index in [0.29, 0.717) is 4.88 Å². The molecule has 0 spiro atoms. The summed E-state index contributed by atoms with van der Waals surface area (Å²) < 4.78 is 0. The van der Waals surface area contributed by atoms with Gasteiger partial charge in [0.15, 0.2) is 0 Å². The van der Waals surface area contributed by atoms with Crippen molar-refractivity contribution in [1.82, 2.24) is 0 Å². The molecule has 0 amide bonds. The van der Waals surface area contributed by atoms with E-state index in [1.54, 1.807) is 6.07 Å². The number of carbonyl (C=O) groups excluding carboxylic acids is 1. The van der Waals surface area contributed by atoms with E-state index in [0.717, 1.165) is 0 Å². The van der Waals surface area contributed by atoms with Gasteiger partial charge in [0, 0.05) is 4.88 Å². The van der Waals surface area contributed by atoms with E-state index in [-0.39, 0.29) is 27.5 Å². The van der Waals surface area contributed by atoms with Gasteiger partial charge in [-0.2, -0.15) is 0 Å². The Kier molecular flexibility index (Phi) is 4.35. The van der Waals surface area contributed by atoms with E-state index in [1.165, 1.54) is 11.3 Å². The molecule has 1 aromatic heterocycles. The van der Waals surface area contributed by atoms with Gasteiger partial charge in [0.05, 0.1) is 5.12 Å². The predicted molar refractivity (Wildman–Crippen MR) is 36.0 cm³/mol. The van der Waals surface area contributed by atoms with Crippen molar-refractivity contribution in [1.29, 1.82) is 0 Å². The van der Waals surface area contributed by atoms with Gasteiger partial charge in [0.2, 0.25) is 0 Å². The van der Waals surface area contributed by atoms with Crippen LogP contribution in [0.2, 0.25) is 0 Å². The molecule has 0 aliphatic heterocycles. The standard InChI is InChI=1S/C5H4OS2.Au/c6-5(7)4-2-1-3-8-4;/h1-3H,(H,6,7);/q;+1/p-1. The van der Waals surface area contributed by atoms with Crippen molar-refractivity contribution in [2.24, 2.45) is 0 Å². The molecule has 0 fully saturated rings. The summed E-state index contributed by atoms with van der Waals surface area (Å²) in [7, 11) is 0. The second kappa shape index (κ2) is 4.19. The van der Waals surface area contributed by atoms with Gasteiger partial charge in [-0.15, -0.1) is 11.3 Å². The van der Waals surface area contributed by atoms with E-state index in [9.17, 15) is 4.79 Å². The molecule has 0 bridgehead atoms. The molecule has 52 valence electrons. The van der Waals surface area contributed by atoms with Gasteiger partial charge in [-0.05, 0) is 11.4 Å². The molecule has 1 aromatic rings. The first kappa shape index (κ1) is 9.33. The molecular weight excluding hydrogens is 337 g/mol. The zero-order valence-electron chi connectivity index (χ0n) is 4.26. The van der Waals surface area contributed by atoms with Crippen molar-refractivity contribution >= 4 is 29.1 Å². The van der Waals surface area contributed by atoms with Crippen LogP contribution in [0, 0.1) is 0 Å². The molecule has 0 aromatic carbocycles. The van der Waals surface area contributed by atoms with Crippen molar-refractivity contribution in [2.75, 3.05) is 0 Å². The maximum atomic E-state index is 10.3. The van der Waals surface area contributed by atoms with Crippen LogP contribution < -0.4 is 0 Å². The Morgan fingerprint density at radius 1 is 1.67 bits per heavy atom. The molecule has 0 aliphatic carbocycles. The summed E-state index contributed by atoms with van der Waals surface area (Å²) in [6, 6.07) is 3.53. The fourth-order valence-electron chi connectivity index (χ4n) is 0.395. The summed E-state index contributed by atoms with van der Waals surface area (Å²) >= 11 is 5.75. The van der Waals surface area contributed by atoms with E-state index >= 15 is 0 Å². The summed E-state index contributed by atoms with van der Waals surface area (Å²) in [5.41, 5.74) is 0. The van der Waals surface area contributed by atoms with E-state index < -0.39 is 0 Å². The Morgan fingerprint density at radius 2 is 2.33 bits per heavy atom. The van der Waals surface area contributed by atoms with Crippen LogP contribution in [0.25, 0.3) is 0 Å². The van der Waals surface area contributed by atoms with Crippen LogP contribution in [0.5, 0.6) is 0 Å². The number of hydrogen-bond acceptors (Lipinski definition) is 3. The van der Waals surface area contributed by atoms with Crippen LogP contribution in [0.3, 0.4) is 0 Å². The topological polar surface area (TPSA) is 17.1 Å². The number of rotatable bonds is 1. The first-order chi connectivity index (χ1) is 3.80. The molecule has 0 aliphatic rings. The second-order valence-corrected chi connectivity index (χ2v) is 2.58. The second-order valence-electron chi connectivity index (χ2n) is 1.26. The van der Waals surface area contributed by atoms with E-state index in [1.807, 2.05) is 11.4 Å². The van der Waals surface area contributed by atoms with Crippen LogP contribution in [-0.4, -0.2) is 5.12 Å². The Bertz CT molecular complexity index is 183. The van der Waals surface area contributed by atoms with E-state index in [4.69, 9.17) is 0 Å². The van der Waals surface area contributed by atoms with Gasteiger partial charge >= 0.3 is 22.4 Å². The summed E-state index contributed by atoms with van der Waals surface area (Å²) in [6.07, 6.45) is 0. The largest absolute Gasteiger partial charge is 1.00 e. The molecule has 9 heavy (non-hydrogen) atoms. The first-order valence-corrected chi connectivity index (χ1v) is 3.34. The van der Waals surface area contributed by atoms with Crippen molar-refractivity contribution < 1.29 is 27.2 Å². The Labute approximate surface area is 78.4 Å². The van der Waals surface area contributed by atoms with Crippen LogP contribution in [0.4, 0.5) is 0 Å². The summed E-state index contributed by atoms with van der Waals surface area (Å²) in [5.74, 6) is 0. The van der Waals surface area contributed by atoms with Gasteiger partial charge in [0.25, 0.3) is 0 Å². The molecule has 0 saturated carbocycles. The van der Waals surface area contributed by atoms with Gasteiger partial charge < -0.3 is 17.4 Å². The van der Waals surface area contributed by atoms with Gasteiger partial charge in [-0.25, -0.2) is 0 Å². The monoisotopic (exact) mass is 340 g/mol. The third kappa shape index (κ3) is 2.60. The predicted octanol–water partition coefficient (Wildman–Crippen LogP) is 1.43. The molecule has 0 atom stereocenters.